The molecule has 0 saturated heterocycles. The first kappa shape index (κ1) is 18.1. The van der Waals surface area contributed by atoms with Crippen LogP contribution >= 0.6 is 11.8 Å². The van der Waals surface area contributed by atoms with Crippen LogP contribution in [-0.4, -0.2) is 34.8 Å². The molecule has 4 nitrogen and oxygen atoms in total. The van der Waals surface area contributed by atoms with Crippen molar-refractivity contribution in [1.29, 1.82) is 5.26 Å². The summed E-state index contributed by atoms with van der Waals surface area (Å²) in [7, 11) is 0. The molecule has 2 aromatic rings. The van der Waals surface area contributed by atoms with Crippen LogP contribution in [0.1, 0.15) is 18.4 Å². The van der Waals surface area contributed by atoms with Crippen LogP contribution < -0.4 is 0 Å². The van der Waals surface area contributed by atoms with E-state index in [9.17, 15) is 15.2 Å². The highest BCUT2D eigenvalue weighted by molar-refractivity contribution is 8.02. The second-order valence-corrected chi connectivity index (χ2v) is 6.86. The van der Waals surface area contributed by atoms with Gasteiger partial charge in [-0.3, -0.25) is 0 Å². The fraction of sp³-hybridized carbons (Fsp3) is 0.238. The van der Waals surface area contributed by atoms with Gasteiger partial charge in [0.25, 0.3) is 0 Å². The normalized spacial score (nSPS) is 19.5. The predicted octanol–water partition coefficient (Wildman–Crippen LogP) is 4.32. The maximum absolute atomic E-state index is 12.0. The van der Waals surface area contributed by atoms with Crippen molar-refractivity contribution in [2.45, 2.75) is 18.9 Å². The molecule has 0 amide bonds. The molecule has 2 atom stereocenters. The molecule has 0 aromatic heterocycles. The Balaban J connectivity index is 2.04. The number of thioether (sulfide) groups is 1. The number of nitriles is 1. The summed E-state index contributed by atoms with van der Waals surface area (Å²) < 4.78 is 0. The Labute approximate surface area is 157 Å². The molecule has 1 aliphatic rings. The monoisotopic (exact) mass is 364 g/mol. The van der Waals surface area contributed by atoms with Crippen LogP contribution in [0.15, 0.2) is 65.2 Å². The lowest BCUT2D eigenvalue weighted by molar-refractivity contribution is -0.142. The maximum Gasteiger partial charge on any atom is 0.327 e. The third-order valence-electron chi connectivity index (χ3n) is 4.74. The van der Waals surface area contributed by atoms with Crippen LogP contribution in [0, 0.1) is 11.3 Å². The Morgan fingerprint density at radius 1 is 1.15 bits per heavy atom. The summed E-state index contributed by atoms with van der Waals surface area (Å²) in [5, 5.41) is 20.3. The molecule has 0 bridgehead atoms. The fourth-order valence-electron chi connectivity index (χ4n) is 3.58. The van der Waals surface area contributed by atoms with E-state index in [1.54, 1.807) is 0 Å². The van der Waals surface area contributed by atoms with Crippen molar-refractivity contribution in [3.8, 4) is 17.2 Å². The highest BCUT2D eigenvalue weighted by Crippen LogP contribution is 2.44. The SMILES string of the molecule is CCN1C(SC)=C(C#N)C(c2ccc(-c3ccccc3)cc2)C1C(=O)O. The van der Waals surface area contributed by atoms with Gasteiger partial charge in [-0.25, -0.2) is 4.79 Å². The van der Waals surface area contributed by atoms with E-state index in [2.05, 4.69) is 6.07 Å². The number of carboxylic acid groups (broad SMARTS) is 1. The first-order valence-electron chi connectivity index (χ1n) is 8.45. The number of carboxylic acids is 1. The average molecular weight is 364 g/mol. The van der Waals surface area contributed by atoms with E-state index in [0.717, 1.165) is 21.7 Å². The van der Waals surface area contributed by atoms with Gasteiger partial charge in [0, 0.05) is 6.54 Å². The van der Waals surface area contributed by atoms with Gasteiger partial charge >= 0.3 is 5.97 Å². The number of nitrogens with zero attached hydrogens (tertiary/aromatic N) is 2. The minimum absolute atomic E-state index is 0.454. The second kappa shape index (κ2) is 7.67. The Hall–Kier alpha value is -2.71. The molecule has 26 heavy (non-hydrogen) atoms. The molecule has 0 aliphatic carbocycles. The zero-order valence-electron chi connectivity index (χ0n) is 14.7. The zero-order chi connectivity index (χ0) is 18.7. The lowest BCUT2D eigenvalue weighted by Gasteiger charge is -2.27. The van der Waals surface area contributed by atoms with Gasteiger partial charge in [0.1, 0.15) is 6.04 Å². The summed E-state index contributed by atoms with van der Waals surface area (Å²) >= 11 is 1.44. The minimum Gasteiger partial charge on any atom is -0.480 e. The van der Waals surface area contributed by atoms with Crippen molar-refractivity contribution in [1.82, 2.24) is 4.90 Å². The molecular formula is C21H20N2O2S. The van der Waals surface area contributed by atoms with Crippen molar-refractivity contribution >= 4 is 17.7 Å². The number of likely N-dealkylation sites (N-methyl/N-ethyl adjacent to an activating group) is 1. The van der Waals surface area contributed by atoms with Crippen molar-refractivity contribution < 1.29 is 9.90 Å². The van der Waals surface area contributed by atoms with Gasteiger partial charge in [0.2, 0.25) is 0 Å². The Kier molecular flexibility index (Phi) is 5.34. The summed E-state index contributed by atoms with van der Waals surface area (Å²) in [5.41, 5.74) is 3.57. The first-order valence-corrected chi connectivity index (χ1v) is 9.68. The van der Waals surface area contributed by atoms with Gasteiger partial charge in [-0.2, -0.15) is 5.26 Å². The Morgan fingerprint density at radius 3 is 2.27 bits per heavy atom. The van der Waals surface area contributed by atoms with Crippen molar-refractivity contribution in [2.24, 2.45) is 0 Å². The van der Waals surface area contributed by atoms with Crippen LogP contribution in [0.25, 0.3) is 11.1 Å². The lowest BCUT2D eigenvalue weighted by atomic mass is 9.87. The Bertz CT molecular complexity index is 869. The van der Waals surface area contributed by atoms with Crippen molar-refractivity contribution in [2.75, 3.05) is 12.8 Å². The molecule has 132 valence electrons. The third kappa shape index (κ3) is 3.09. The van der Waals surface area contributed by atoms with Crippen molar-refractivity contribution in [3.05, 3.63) is 70.8 Å². The number of rotatable bonds is 5. The molecule has 0 saturated carbocycles. The highest BCUT2D eigenvalue weighted by atomic mass is 32.2. The summed E-state index contributed by atoms with van der Waals surface area (Å²) in [5.74, 6) is -1.36. The highest BCUT2D eigenvalue weighted by Gasteiger charge is 2.45. The quantitative estimate of drug-likeness (QED) is 0.856. The lowest BCUT2D eigenvalue weighted by Crippen LogP contribution is -2.39. The predicted molar refractivity (Wildman–Crippen MR) is 105 cm³/mol. The molecule has 0 spiro atoms. The van der Waals surface area contributed by atoms with Gasteiger partial charge in [-0.15, -0.1) is 11.8 Å². The molecule has 5 heteroatoms. The van der Waals surface area contributed by atoms with E-state index >= 15 is 0 Å². The molecule has 3 rings (SSSR count). The van der Waals surface area contributed by atoms with E-state index < -0.39 is 17.9 Å². The minimum atomic E-state index is -0.902. The van der Waals surface area contributed by atoms with Crippen LogP contribution in [0.3, 0.4) is 0 Å². The molecule has 1 heterocycles. The molecule has 2 unspecified atom stereocenters. The summed E-state index contributed by atoms with van der Waals surface area (Å²) in [6.45, 7) is 2.47. The van der Waals surface area contributed by atoms with Crippen LogP contribution in [-0.2, 0) is 4.79 Å². The van der Waals surface area contributed by atoms with E-state index in [4.69, 9.17) is 0 Å². The van der Waals surface area contributed by atoms with Gasteiger partial charge in [-0.1, -0.05) is 54.6 Å². The van der Waals surface area contributed by atoms with Gasteiger partial charge in [0.05, 0.1) is 22.6 Å². The Morgan fingerprint density at radius 2 is 1.77 bits per heavy atom. The average Bonchev–Trinajstić information content (AvgIpc) is 3.02. The number of hydrogen-bond acceptors (Lipinski definition) is 4. The molecule has 2 aromatic carbocycles. The number of aliphatic carboxylic acids is 1. The maximum atomic E-state index is 12.0. The number of benzene rings is 2. The fourth-order valence-corrected chi connectivity index (χ4v) is 4.44. The van der Waals surface area contributed by atoms with Crippen LogP contribution in [0.2, 0.25) is 0 Å². The topological polar surface area (TPSA) is 64.3 Å². The first-order chi connectivity index (χ1) is 12.6. The zero-order valence-corrected chi connectivity index (χ0v) is 15.5. The number of hydrogen-bond donors (Lipinski definition) is 1. The molecule has 0 fully saturated rings. The van der Waals surface area contributed by atoms with Gasteiger partial charge in [0.15, 0.2) is 0 Å². The number of carbonyl (C=O) groups is 1. The van der Waals surface area contributed by atoms with Crippen LogP contribution in [0.5, 0.6) is 0 Å². The smallest absolute Gasteiger partial charge is 0.327 e. The molecular weight excluding hydrogens is 344 g/mol. The van der Waals surface area contributed by atoms with Crippen LogP contribution in [0.4, 0.5) is 0 Å². The molecule has 1 N–H and O–H groups in total. The largest absolute Gasteiger partial charge is 0.480 e. The van der Waals surface area contributed by atoms with E-state index in [1.807, 2.05) is 72.7 Å². The summed E-state index contributed by atoms with van der Waals surface area (Å²) in [4.78, 5) is 13.8. The van der Waals surface area contributed by atoms with Gasteiger partial charge < -0.3 is 10.0 Å². The summed E-state index contributed by atoms with van der Waals surface area (Å²) in [6.07, 6.45) is 1.88. The van der Waals surface area contributed by atoms with Crippen molar-refractivity contribution in [3.63, 3.8) is 0 Å². The van der Waals surface area contributed by atoms with Gasteiger partial charge in [-0.05, 0) is 29.9 Å². The second-order valence-electron chi connectivity index (χ2n) is 6.07. The summed E-state index contributed by atoms with van der Waals surface area (Å²) in [6, 6.07) is 19.4. The van der Waals surface area contributed by atoms with E-state index in [0.29, 0.717) is 12.1 Å². The molecule has 0 radical (unpaired) electrons. The molecule has 1 aliphatic heterocycles. The van der Waals surface area contributed by atoms with E-state index in [-0.39, 0.29) is 0 Å². The van der Waals surface area contributed by atoms with E-state index in [1.165, 1.54) is 11.8 Å². The third-order valence-corrected chi connectivity index (χ3v) is 5.58. The standard InChI is InChI=1S/C21H20N2O2S/c1-3-23-19(21(24)25)18(17(13-22)20(23)26-2)16-11-9-15(10-12-16)14-7-5-4-6-8-14/h4-12,18-19H,3H2,1-2H3,(H,24,25).